The smallest absolute Gasteiger partial charge is 0.319 e. The van der Waals surface area contributed by atoms with Crippen LogP contribution in [0.3, 0.4) is 0 Å². The number of anilines is 2. The number of carbonyl (C=O) groups is 2. The van der Waals surface area contributed by atoms with E-state index in [0.29, 0.717) is 33.3 Å². The minimum atomic E-state index is -0.242. The van der Waals surface area contributed by atoms with Gasteiger partial charge in [0.2, 0.25) is 5.91 Å². The Morgan fingerprint density at radius 1 is 1.00 bits per heavy atom. The number of hydrogen-bond acceptors (Lipinski definition) is 3. The summed E-state index contributed by atoms with van der Waals surface area (Å²) < 4.78 is 0. The van der Waals surface area contributed by atoms with Gasteiger partial charge in [0.25, 0.3) is 0 Å². The number of nitrogens with one attached hydrogen (secondary N) is 3. The number of piperidine rings is 1. The Bertz CT molecular complexity index is 991. The van der Waals surface area contributed by atoms with Crippen LogP contribution in [0.2, 0.25) is 10.0 Å². The number of urea groups is 1. The molecule has 0 spiro atoms. The molecule has 0 unspecified atom stereocenters. The highest BCUT2D eigenvalue weighted by molar-refractivity contribution is 6.42. The van der Waals surface area contributed by atoms with E-state index < -0.39 is 0 Å². The van der Waals surface area contributed by atoms with Crippen LogP contribution >= 0.6 is 23.2 Å². The molecule has 2 aromatic rings. The van der Waals surface area contributed by atoms with Crippen LogP contribution in [0.1, 0.15) is 39.2 Å². The van der Waals surface area contributed by atoms with Crippen molar-refractivity contribution in [2.45, 2.75) is 46.1 Å². The number of rotatable bonds is 8. The van der Waals surface area contributed by atoms with Crippen molar-refractivity contribution in [3.05, 3.63) is 58.1 Å². The summed E-state index contributed by atoms with van der Waals surface area (Å²) in [5.74, 6) is 0.769. The van der Waals surface area contributed by atoms with Crippen LogP contribution in [-0.2, 0) is 11.2 Å². The molecule has 6 nitrogen and oxygen atoms in total. The van der Waals surface area contributed by atoms with E-state index in [1.165, 1.54) is 12.5 Å². The summed E-state index contributed by atoms with van der Waals surface area (Å²) in [5, 5.41) is 9.94. The van der Waals surface area contributed by atoms with Gasteiger partial charge in [0.1, 0.15) is 0 Å². The van der Waals surface area contributed by atoms with Crippen molar-refractivity contribution in [3.8, 4) is 0 Å². The van der Waals surface area contributed by atoms with Gasteiger partial charge in [-0.3, -0.25) is 4.79 Å². The molecule has 3 N–H and O–H groups in total. The highest BCUT2D eigenvalue weighted by Crippen LogP contribution is 2.27. The second-order valence-corrected chi connectivity index (χ2v) is 10.2. The van der Waals surface area contributed by atoms with E-state index >= 15 is 0 Å². The lowest BCUT2D eigenvalue weighted by molar-refractivity contribution is -0.114. The number of hydrogen-bond donors (Lipinski definition) is 3. The summed E-state index contributed by atoms with van der Waals surface area (Å²) in [4.78, 5) is 26.4. The zero-order valence-electron chi connectivity index (χ0n) is 20.0. The summed E-state index contributed by atoms with van der Waals surface area (Å²) in [5.41, 5.74) is 2.51. The van der Waals surface area contributed by atoms with E-state index in [0.717, 1.165) is 38.9 Å². The molecule has 1 aliphatic rings. The molecule has 2 aromatic carbocycles. The van der Waals surface area contributed by atoms with Crippen molar-refractivity contribution in [1.82, 2.24) is 10.2 Å². The van der Waals surface area contributed by atoms with Gasteiger partial charge < -0.3 is 20.9 Å². The average molecular weight is 505 g/mol. The lowest BCUT2D eigenvalue weighted by atomic mass is 9.89. The average Bonchev–Trinajstić information content (AvgIpc) is 2.77. The van der Waals surface area contributed by atoms with E-state index in [4.69, 9.17) is 23.2 Å². The summed E-state index contributed by atoms with van der Waals surface area (Å²) in [6, 6.07) is 12.8. The van der Waals surface area contributed by atoms with Crippen molar-refractivity contribution in [1.29, 1.82) is 0 Å². The molecule has 3 amide bonds. The monoisotopic (exact) mass is 504 g/mol. The lowest BCUT2D eigenvalue weighted by Gasteiger charge is -2.35. The summed E-state index contributed by atoms with van der Waals surface area (Å²) in [6.45, 7) is 8.54. The molecule has 1 heterocycles. The molecule has 1 saturated heterocycles. The minimum Gasteiger partial charge on any atom is -0.334 e. The highest BCUT2D eigenvalue weighted by Gasteiger charge is 2.24. The van der Waals surface area contributed by atoms with Gasteiger partial charge in [-0.1, -0.05) is 49.2 Å². The Labute approximate surface area is 212 Å². The van der Waals surface area contributed by atoms with Crippen LogP contribution in [-0.4, -0.2) is 42.5 Å². The molecule has 1 fully saturated rings. The molecule has 8 heteroatoms. The second-order valence-electron chi connectivity index (χ2n) is 9.41. The maximum Gasteiger partial charge on any atom is 0.319 e. The van der Waals surface area contributed by atoms with Crippen molar-refractivity contribution in [2.24, 2.45) is 11.8 Å². The zero-order valence-corrected chi connectivity index (χ0v) is 21.5. The largest absolute Gasteiger partial charge is 0.334 e. The first-order chi connectivity index (χ1) is 16.2. The first-order valence-corrected chi connectivity index (χ1v) is 12.6. The van der Waals surface area contributed by atoms with Gasteiger partial charge in [0.05, 0.1) is 10.0 Å². The molecule has 0 aliphatic carbocycles. The van der Waals surface area contributed by atoms with Crippen molar-refractivity contribution >= 4 is 46.5 Å². The van der Waals surface area contributed by atoms with Crippen molar-refractivity contribution in [2.75, 3.05) is 30.3 Å². The molecule has 3 rings (SSSR count). The molecule has 0 radical (unpaired) electrons. The number of likely N-dealkylation sites (tertiary alicyclic amines) is 1. The zero-order chi connectivity index (χ0) is 24.7. The van der Waals surface area contributed by atoms with Gasteiger partial charge in [0, 0.05) is 30.9 Å². The molecule has 1 aliphatic heterocycles. The predicted molar refractivity (Wildman–Crippen MR) is 141 cm³/mol. The van der Waals surface area contributed by atoms with Crippen molar-refractivity contribution in [3.63, 3.8) is 0 Å². The van der Waals surface area contributed by atoms with Gasteiger partial charge >= 0.3 is 6.03 Å². The molecule has 0 saturated carbocycles. The Morgan fingerprint density at radius 2 is 1.68 bits per heavy atom. The summed E-state index contributed by atoms with van der Waals surface area (Å²) >= 11 is 12.2. The third-order valence-electron chi connectivity index (χ3n) is 6.23. The van der Waals surface area contributed by atoms with E-state index in [1.807, 2.05) is 12.1 Å². The Balaban J connectivity index is 1.48. The standard InChI is InChI=1S/C26H34Cl2N4O2/c1-17(2)25(31-26(34)30-22-6-4-5-21(15-22)29-18(3)33)16-32-11-9-19(10-12-32)13-20-7-8-23(27)24(28)14-20/h4-8,14-15,17,19,25H,9-13,16H2,1-3H3,(H,29,33)(H2,30,31,34)/t25-/m0/s1. The minimum absolute atomic E-state index is 0.0325. The second kappa shape index (κ2) is 12.4. The molecule has 0 aromatic heterocycles. The van der Waals surface area contributed by atoms with Gasteiger partial charge in [0.15, 0.2) is 0 Å². The first kappa shape index (κ1) is 26.3. The molecule has 0 bridgehead atoms. The topological polar surface area (TPSA) is 73.5 Å². The fourth-order valence-corrected chi connectivity index (χ4v) is 4.61. The quantitative estimate of drug-likeness (QED) is 0.409. The van der Waals surface area contributed by atoms with Crippen molar-refractivity contribution < 1.29 is 9.59 Å². The molecule has 34 heavy (non-hydrogen) atoms. The van der Waals surface area contributed by atoms with Crippen LogP contribution in [0.25, 0.3) is 0 Å². The van der Waals surface area contributed by atoms with E-state index in [-0.39, 0.29) is 18.0 Å². The molecular weight excluding hydrogens is 471 g/mol. The van der Waals surface area contributed by atoms with Crippen LogP contribution in [0.4, 0.5) is 16.2 Å². The predicted octanol–water partition coefficient (Wildman–Crippen LogP) is 6.05. The van der Waals surface area contributed by atoms with E-state index in [2.05, 4.69) is 40.8 Å². The van der Waals surface area contributed by atoms with Crippen LogP contribution in [0.15, 0.2) is 42.5 Å². The van der Waals surface area contributed by atoms with Crippen LogP contribution in [0.5, 0.6) is 0 Å². The van der Waals surface area contributed by atoms with Crippen LogP contribution < -0.4 is 16.0 Å². The van der Waals surface area contributed by atoms with Gasteiger partial charge in [-0.15, -0.1) is 0 Å². The third-order valence-corrected chi connectivity index (χ3v) is 6.97. The summed E-state index contributed by atoms with van der Waals surface area (Å²) in [6.07, 6.45) is 3.25. The Kier molecular flexibility index (Phi) is 9.63. The Hall–Kier alpha value is -2.28. The number of amides is 3. The SMILES string of the molecule is CC(=O)Nc1cccc(NC(=O)N[C@@H](CN2CCC(Cc3ccc(Cl)c(Cl)c3)CC2)C(C)C)c1. The van der Waals surface area contributed by atoms with Gasteiger partial charge in [-0.25, -0.2) is 4.79 Å². The molecular formula is C26H34Cl2N4O2. The Morgan fingerprint density at radius 3 is 2.29 bits per heavy atom. The maximum atomic E-state index is 12.7. The lowest BCUT2D eigenvalue weighted by Crippen LogP contribution is -2.49. The normalized spacial score (nSPS) is 15.7. The molecule has 1 atom stereocenters. The number of nitrogens with zero attached hydrogens (tertiary/aromatic N) is 1. The number of halogens is 2. The number of carbonyl (C=O) groups excluding carboxylic acids is 2. The summed E-state index contributed by atoms with van der Waals surface area (Å²) in [7, 11) is 0. The highest BCUT2D eigenvalue weighted by atomic mass is 35.5. The third kappa shape index (κ3) is 8.19. The number of benzene rings is 2. The van der Waals surface area contributed by atoms with E-state index in [9.17, 15) is 9.59 Å². The van der Waals surface area contributed by atoms with E-state index in [1.54, 1.807) is 24.3 Å². The fraction of sp³-hybridized carbons (Fsp3) is 0.462. The molecule has 184 valence electrons. The first-order valence-electron chi connectivity index (χ1n) is 11.8. The van der Waals surface area contributed by atoms with Crippen LogP contribution in [0, 0.1) is 11.8 Å². The fourth-order valence-electron chi connectivity index (χ4n) is 4.29. The van der Waals surface area contributed by atoms with Gasteiger partial charge in [-0.05, 0) is 80.1 Å². The van der Waals surface area contributed by atoms with Gasteiger partial charge in [-0.2, -0.15) is 0 Å². The maximum absolute atomic E-state index is 12.7.